The van der Waals surface area contributed by atoms with E-state index in [4.69, 9.17) is 9.47 Å². The summed E-state index contributed by atoms with van der Waals surface area (Å²) in [5, 5.41) is 14.8. The van der Waals surface area contributed by atoms with Crippen molar-refractivity contribution >= 4 is 34.2 Å². The van der Waals surface area contributed by atoms with Gasteiger partial charge in [-0.1, -0.05) is 6.07 Å². The van der Waals surface area contributed by atoms with Crippen LogP contribution in [-0.2, 0) is 0 Å². The first-order chi connectivity index (χ1) is 13.7. The van der Waals surface area contributed by atoms with Crippen LogP contribution in [0, 0.1) is 6.92 Å². The fourth-order valence-electron chi connectivity index (χ4n) is 2.88. The number of anilines is 4. The molecule has 0 spiro atoms. The standard InChI is InChI=1S/C20H20N6O2/c1-12-4-6-14-15(10-12)25-26-19(14)23-18-8-9-21-20(24-18)22-13-5-7-16(27-2)17(11-13)28-3/h4-11H,1-3H3,(H3,21,22,23,24,25,26). The quantitative estimate of drug-likeness (QED) is 0.465. The van der Waals surface area contributed by atoms with Crippen molar-refractivity contribution in [2.24, 2.45) is 0 Å². The van der Waals surface area contributed by atoms with Crippen molar-refractivity contribution in [1.29, 1.82) is 0 Å². The monoisotopic (exact) mass is 376 g/mol. The van der Waals surface area contributed by atoms with E-state index in [1.165, 1.54) is 5.56 Å². The molecule has 3 N–H and O–H groups in total. The summed E-state index contributed by atoms with van der Waals surface area (Å²) in [6.45, 7) is 2.05. The molecule has 0 atom stereocenters. The molecule has 0 aliphatic heterocycles. The molecule has 2 aromatic carbocycles. The van der Waals surface area contributed by atoms with E-state index >= 15 is 0 Å². The van der Waals surface area contributed by atoms with Crippen molar-refractivity contribution in [2.45, 2.75) is 6.92 Å². The second-order valence-corrected chi connectivity index (χ2v) is 6.21. The van der Waals surface area contributed by atoms with Gasteiger partial charge >= 0.3 is 0 Å². The van der Waals surface area contributed by atoms with Crippen LogP contribution in [0.1, 0.15) is 5.56 Å². The maximum absolute atomic E-state index is 5.33. The number of aromatic amines is 1. The van der Waals surface area contributed by atoms with Gasteiger partial charge in [-0.3, -0.25) is 5.10 Å². The van der Waals surface area contributed by atoms with Crippen LogP contribution < -0.4 is 20.1 Å². The third-order valence-electron chi connectivity index (χ3n) is 4.26. The van der Waals surface area contributed by atoms with Crippen LogP contribution in [0.2, 0.25) is 0 Å². The first kappa shape index (κ1) is 17.6. The minimum absolute atomic E-state index is 0.452. The maximum Gasteiger partial charge on any atom is 0.229 e. The number of benzene rings is 2. The van der Waals surface area contributed by atoms with Crippen molar-refractivity contribution in [3.8, 4) is 11.5 Å². The molecule has 28 heavy (non-hydrogen) atoms. The molecule has 8 heteroatoms. The van der Waals surface area contributed by atoms with Crippen LogP contribution in [0.15, 0.2) is 48.7 Å². The number of aryl methyl sites for hydroxylation is 1. The molecule has 0 bridgehead atoms. The molecule has 0 aliphatic rings. The molecule has 2 heterocycles. The van der Waals surface area contributed by atoms with Gasteiger partial charge in [0.15, 0.2) is 17.3 Å². The Labute approximate surface area is 161 Å². The number of rotatable bonds is 6. The SMILES string of the molecule is COc1ccc(Nc2nccc(Nc3n[nH]c4cc(C)ccc34)n2)cc1OC. The summed E-state index contributed by atoms with van der Waals surface area (Å²) in [4.78, 5) is 8.78. The van der Waals surface area contributed by atoms with E-state index in [2.05, 4.69) is 36.9 Å². The number of nitrogens with one attached hydrogen (secondary N) is 3. The van der Waals surface area contributed by atoms with Crippen LogP contribution in [0.5, 0.6) is 11.5 Å². The molecule has 4 aromatic rings. The average Bonchev–Trinajstić information content (AvgIpc) is 3.09. The Morgan fingerprint density at radius 3 is 2.61 bits per heavy atom. The number of methoxy groups -OCH3 is 2. The van der Waals surface area contributed by atoms with Crippen molar-refractivity contribution in [1.82, 2.24) is 20.2 Å². The third kappa shape index (κ3) is 3.52. The van der Waals surface area contributed by atoms with E-state index in [1.54, 1.807) is 26.5 Å². The van der Waals surface area contributed by atoms with E-state index in [1.807, 2.05) is 37.3 Å². The first-order valence-corrected chi connectivity index (χ1v) is 8.70. The van der Waals surface area contributed by atoms with Crippen LogP contribution in [0.4, 0.5) is 23.3 Å². The van der Waals surface area contributed by atoms with Gasteiger partial charge in [-0.05, 0) is 42.8 Å². The predicted molar refractivity (Wildman–Crippen MR) is 109 cm³/mol. The van der Waals surface area contributed by atoms with Gasteiger partial charge in [0.2, 0.25) is 5.95 Å². The predicted octanol–water partition coefficient (Wildman–Crippen LogP) is 4.17. The normalized spacial score (nSPS) is 10.7. The zero-order chi connectivity index (χ0) is 19.5. The minimum atomic E-state index is 0.452. The topological polar surface area (TPSA) is 97.0 Å². The highest BCUT2D eigenvalue weighted by Gasteiger charge is 2.09. The molecule has 142 valence electrons. The molecule has 0 radical (unpaired) electrons. The summed E-state index contributed by atoms with van der Waals surface area (Å²) in [6.07, 6.45) is 1.68. The van der Waals surface area contributed by atoms with Crippen LogP contribution in [0.25, 0.3) is 10.9 Å². The summed E-state index contributed by atoms with van der Waals surface area (Å²) in [7, 11) is 3.20. The largest absolute Gasteiger partial charge is 0.493 e. The van der Waals surface area contributed by atoms with Gasteiger partial charge in [0, 0.05) is 23.3 Å². The average molecular weight is 376 g/mol. The lowest BCUT2D eigenvalue weighted by Gasteiger charge is -2.11. The zero-order valence-corrected chi connectivity index (χ0v) is 15.8. The Morgan fingerprint density at radius 2 is 1.79 bits per heavy atom. The number of ether oxygens (including phenoxy) is 2. The van der Waals surface area contributed by atoms with Gasteiger partial charge < -0.3 is 20.1 Å². The molecular weight excluding hydrogens is 356 g/mol. The van der Waals surface area contributed by atoms with Crippen molar-refractivity contribution in [3.63, 3.8) is 0 Å². The number of hydrogen-bond donors (Lipinski definition) is 3. The Balaban J connectivity index is 1.56. The van der Waals surface area contributed by atoms with Gasteiger partial charge in [-0.2, -0.15) is 10.1 Å². The lowest BCUT2D eigenvalue weighted by molar-refractivity contribution is 0.355. The first-order valence-electron chi connectivity index (χ1n) is 8.70. The Kier molecular flexibility index (Phi) is 4.67. The van der Waals surface area contributed by atoms with Gasteiger partial charge in [-0.25, -0.2) is 4.98 Å². The Bertz CT molecular complexity index is 1120. The molecule has 0 saturated carbocycles. The van der Waals surface area contributed by atoms with E-state index in [9.17, 15) is 0 Å². The smallest absolute Gasteiger partial charge is 0.229 e. The maximum atomic E-state index is 5.33. The molecule has 0 saturated heterocycles. The van der Waals surface area contributed by atoms with Crippen LogP contribution >= 0.6 is 0 Å². The summed E-state index contributed by atoms with van der Waals surface area (Å²) in [5.41, 5.74) is 2.93. The molecular formula is C20H20N6O2. The second-order valence-electron chi connectivity index (χ2n) is 6.21. The molecule has 8 nitrogen and oxygen atoms in total. The Morgan fingerprint density at radius 1 is 0.929 bits per heavy atom. The van der Waals surface area contributed by atoms with Crippen molar-refractivity contribution in [2.75, 3.05) is 24.9 Å². The zero-order valence-electron chi connectivity index (χ0n) is 15.8. The van der Waals surface area contributed by atoms with Crippen molar-refractivity contribution < 1.29 is 9.47 Å². The summed E-state index contributed by atoms with van der Waals surface area (Å²) in [6, 6.07) is 13.4. The van der Waals surface area contributed by atoms with E-state index in [-0.39, 0.29) is 0 Å². The highest BCUT2D eigenvalue weighted by atomic mass is 16.5. The molecule has 2 aromatic heterocycles. The lowest BCUT2D eigenvalue weighted by Crippen LogP contribution is -2.01. The number of nitrogens with zero attached hydrogens (tertiary/aromatic N) is 3. The Hall–Kier alpha value is -3.81. The van der Waals surface area contributed by atoms with Crippen LogP contribution in [0.3, 0.4) is 0 Å². The number of aromatic nitrogens is 4. The third-order valence-corrected chi connectivity index (χ3v) is 4.26. The second kappa shape index (κ2) is 7.43. The highest BCUT2D eigenvalue weighted by Crippen LogP contribution is 2.31. The minimum Gasteiger partial charge on any atom is -0.493 e. The number of hydrogen-bond acceptors (Lipinski definition) is 7. The van der Waals surface area contributed by atoms with Crippen LogP contribution in [-0.4, -0.2) is 34.4 Å². The number of H-pyrrole nitrogens is 1. The highest BCUT2D eigenvalue weighted by molar-refractivity contribution is 5.91. The van der Waals surface area contributed by atoms with Gasteiger partial charge in [0.05, 0.1) is 19.7 Å². The summed E-state index contributed by atoms with van der Waals surface area (Å²) < 4.78 is 10.6. The molecule has 0 unspecified atom stereocenters. The fraction of sp³-hybridized carbons (Fsp3) is 0.150. The van der Waals surface area contributed by atoms with E-state index in [0.717, 1.165) is 16.6 Å². The molecule has 0 fully saturated rings. The van der Waals surface area contributed by atoms with E-state index in [0.29, 0.717) is 29.1 Å². The summed E-state index contributed by atoms with van der Waals surface area (Å²) >= 11 is 0. The van der Waals surface area contributed by atoms with Gasteiger partial charge in [0.25, 0.3) is 0 Å². The molecule has 0 aliphatic carbocycles. The molecule has 0 amide bonds. The van der Waals surface area contributed by atoms with Gasteiger partial charge in [0.1, 0.15) is 5.82 Å². The lowest BCUT2D eigenvalue weighted by atomic mass is 10.2. The number of fused-ring (bicyclic) bond motifs is 1. The summed E-state index contributed by atoms with van der Waals surface area (Å²) in [5.74, 6) is 3.08. The van der Waals surface area contributed by atoms with E-state index < -0.39 is 0 Å². The van der Waals surface area contributed by atoms with Gasteiger partial charge in [-0.15, -0.1) is 0 Å². The molecule has 4 rings (SSSR count). The fourth-order valence-corrected chi connectivity index (χ4v) is 2.88. The van der Waals surface area contributed by atoms with Crippen molar-refractivity contribution in [3.05, 3.63) is 54.2 Å².